The molecule has 0 aliphatic carbocycles. The van der Waals surface area contributed by atoms with Crippen LogP contribution in [0.2, 0.25) is 0 Å². The van der Waals surface area contributed by atoms with Crippen molar-refractivity contribution in [3.05, 3.63) is 62.5 Å². The van der Waals surface area contributed by atoms with Gasteiger partial charge in [-0.25, -0.2) is 0 Å². The SMILES string of the molecule is CC(CCc1ccccc1)NCc1cc(Br)c(O)c(Br)c1. The summed E-state index contributed by atoms with van der Waals surface area (Å²) in [7, 11) is 0. The summed E-state index contributed by atoms with van der Waals surface area (Å²) >= 11 is 6.71. The lowest BCUT2D eigenvalue weighted by atomic mass is 10.1. The second-order valence-electron chi connectivity index (χ2n) is 5.21. The third kappa shape index (κ3) is 5.13. The van der Waals surface area contributed by atoms with Gasteiger partial charge in [-0.1, -0.05) is 30.3 Å². The van der Waals surface area contributed by atoms with Gasteiger partial charge in [0.1, 0.15) is 5.75 Å². The molecule has 0 aliphatic rings. The van der Waals surface area contributed by atoms with E-state index in [0.717, 1.165) is 24.9 Å². The van der Waals surface area contributed by atoms with E-state index in [0.29, 0.717) is 15.0 Å². The van der Waals surface area contributed by atoms with Crippen LogP contribution in [0.25, 0.3) is 0 Å². The highest BCUT2D eigenvalue weighted by atomic mass is 79.9. The Morgan fingerprint density at radius 3 is 2.29 bits per heavy atom. The predicted octanol–water partition coefficient (Wildman–Crippen LogP) is 5.03. The van der Waals surface area contributed by atoms with E-state index in [1.807, 2.05) is 18.2 Å². The minimum atomic E-state index is 0.246. The molecule has 21 heavy (non-hydrogen) atoms. The lowest BCUT2D eigenvalue weighted by Gasteiger charge is -2.14. The molecule has 4 heteroatoms. The van der Waals surface area contributed by atoms with E-state index < -0.39 is 0 Å². The van der Waals surface area contributed by atoms with Crippen molar-refractivity contribution >= 4 is 31.9 Å². The molecule has 0 radical (unpaired) electrons. The molecule has 0 heterocycles. The molecule has 112 valence electrons. The Kier molecular flexibility index (Phi) is 6.27. The summed E-state index contributed by atoms with van der Waals surface area (Å²) in [5, 5.41) is 13.2. The van der Waals surface area contributed by atoms with E-state index in [2.05, 4.69) is 68.4 Å². The molecule has 0 aliphatic heterocycles. The van der Waals surface area contributed by atoms with Gasteiger partial charge in [-0.05, 0) is 74.9 Å². The fraction of sp³-hybridized carbons (Fsp3) is 0.294. The first-order chi connectivity index (χ1) is 10.1. The lowest BCUT2D eigenvalue weighted by molar-refractivity contribution is 0.467. The third-order valence-electron chi connectivity index (χ3n) is 3.44. The van der Waals surface area contributed by atoms with Crippen LogP contribution in [0, 0.1) is 0 Å². The number of hydrogen-bond donors (Lipinski definition) is 2. The van der Waals surface area contributed by atoms with E-state index in [1.54, 1.807) is 0 Å². The summed E-state index contributed by atoms with van der Waals surface area (Å²) in [5.41, 5.74) is 2.51. The summed E-state index contributed by atoms with van der Waals surface area (Å²) < 4.78 is 1.43. The molecule has 0 amide bonds. The number of benzene rings is 2. The third-order valence-corrected chi connectivity index (χ3v) is 4.65. The minimum Gasteiger partial charge on any atom is -0.506 e. The Morgan fingerprint density at radius 2 is 1.67 bits per heavy atom. The highest BCUT2D eigenvalue weighted by molar-refractivity contribution is 9.11. The molecule has 0 saturated heterocycles. The summed E-state index contributed by atoms with van der Waals surface area (Å²) in [4.78, 5) is 0. The largest absolute Gasteiger partial charge is 0.506 e. The van der Waals surface area contributed by atoms with Crippen molar-refractivity contribution in [2.75, 3.05) is 0 Å². The molecule has 0 aromatic heterocycles. The van der Waals surface area contributed by atoms with Crippen molar-refractivity contribution in [2.24, 2.45) is 0 Å². The maximum Gasteiger partial charge on any atom is 0.143 e. The minimum absolute atomic E-state index is 0.246. The van der Waals surface area contributed by atoms with Gasteiger partial charge < -0.3 is 10.4 Å². The normalized spacial score (nSPS) is 12.3. The molecule has 2 nitrogen and oxygen atoms in total. The Morgan fingerprint density at radius 1 is 1.05 bits per heavy atom. The number of aryl methyl sites for hydroxylation is 1. The molecule has 1 unspecified atom stereocenters. The maximum absolute atomic E-state index is 9.70. The summed E-state index contributed by atoms with van der Waals surface area (Å²) in [5.74, 6) is 0.246. The van der Waals surface area contributed by atoms with Crippen LogP contribution in [0.3, 0.4) is 0 Å². The average Bonchev–Trinajstić information content (AvgIpc) is 2.49. The zero-order valence-corrected chi connectivity index (χ0v) is 15.1. The molecular formula is C17H19Br2NO. The van der Waals surface area contributed by atoms with Crippen LogP contribution in [0.5, 0.6) is 5.75 Å². The number of rotatable bonds is 6. The van der Waals surface area contributed by atoms with Crippen molar-refractivity contribution in [2.45, 2.75) is 32.4 Å². The first-order valence-corrected chi connectivity index (χ1v) is 8.59. The second-order valence-corrected chi connectivity index (χ2v) is 6.92. The number of hydrogen-bond acceptors (Lipinski definition) is 2. The number of nitrogens with one attached hydrogen (secondary N) is 1. The van der Waals surface area contributed by atoms with E-state index in [9.17, 15) is 5.11 Å². The molecule has 0 fully saturated rings. The molecule has 2 aromatic rings. The van der Waals surface area contributed by atoms with Gasteiger partial charge in [-0.2, -0.15) is 0 Å². The predicted molar refractivity (Wildman–Crippen MR) is 94.6 cm³/mol. The summed E-state index contributed by atoms with van der Waals surface area (Å²) in [6.45, 7) is 2.99. The molecule has 0 spiro atoms. The number of aromatic hydroxyl groups is 1. The van der Waals surface area contributed by atoms with Crippen LogP contribution in [0.15, 0.2) is 51.4 Å². The van der Waals surface area contributed by atoms with Crippen molar-refractivity contribution in [3.63, 3.8) is 0 Å². The number of phenolic OH excluding ortho intramolecular Hbond substituents is 1. The fourth-order valence-corrected chi connectivity index (χ4v) is 3.42. The topological polar surface area (TPSA) is 32.3 Å². The van der Waals surface area contributed by atoms with Crippen LogP contribution in [-0.2, 0) is 13.0 Å². The van der Waals surface area contributed by atoms with Gasteiger partial charge in [0.2, 0.25) is 0 Å². The molecule has 2 N–H and O–H groups in total. The lowest BCUT2D eigenvalue weighted by Crippen LogP contribution is -2.26. The van der Waals surface area contributed by atoms with Crippen LogP contribution < -0.4 is 5.32 Å². The van der Waals surface area contributed by atoms with Gasteiger partial charge in [-0.15, -0.1) is 0 Å². The molecule has 0 saturated carbocycles. The fourth-order valence-electron chi connectivity index (χ4n) is 2.14. The van der Waals surface area contributed by atoms with E-state index in [4.69, 9.17) is 0 Å². The highest BCUT2D eigenvalue weighted by Gasteiger charge is 2.07. The molecular weight excluding hydrogens is 394 g/mol. The van der Waals surface area contributed by atoms with Crippen LogP contribution >= 0.6 is 31.9 Å². The van der Waals surface area contributed by atoms with Gasteiger partial charge in [0.05, 0.1) is 8.95 Å². The maximum atomic E-state index is 9.70. The summed E-state index contributed by atoms with van der Waals surface area (Å²) in [6, 6.07) is 14.9. The average molecular weight is 413 g/mol. The van der Waals surface area contributed by atoms with E-state index >= 15 is 0 Å². The zero-order chi connectivity index (χ0) is 15.2. The number of halogens is 2. The smallest absolute Gasteiger partial charge is 0.143 e. The van der Waals surface area contributed by atoms with Gasteiger partial charge in [0.25, 0.3) is 0 Å². The molecule has 0 bridgehead atoms. The van der Waals surface area contributed by atoms with Crippen LogP contribution in [0.4, 0.5) is 0 Å². The van der Waals surface area contributed by atoms with Gasteiger partial charge in [-0.3, -0.25) is 0 Å². The molecule has 1 atom stereocenters. The van der Waals surface area contributed by atoms with Crippen molar-refractivity contribution < 1.29 is 5.11 Å². The van der Waals surface area contributed by atoms with E-state index in [1.165, 1.54) is 5.56 Å². The Balaban J connectivity index is 1.82. The second kappa shape index (κ2) is 7.97. The Hall–Kier alpha value is -0.840. The van der Waals surface area contributed by atoms with Crippen molar-refractivity contribution in [3.8, 4) is 5.75 Å². The number of phenols is 1. The molecule has 2 aromatic carbocycles. The highest BCUT2D eigenvalue weighted by Crippen LogP contribution is 2.33. The van der Waals surface area contributed by atoms with Crippen molar-refractivity contribution in [1.29, 1.82) is 0 Å². The van der Waals surface area contributed by atoms with Crippen LogP contribution in [0.1, 0.15) is 24.5 Å². The Labute approximate surface area is 142 Å². The zero-order valence-electron chi connectivity index (χ0n) is 11.9. The quantitative estimate of drug-likeness (QED) is 0.697. The molecule has 2 rings (SSSR count). The summed E-state index contributed by atoms with van der Waals surface area (Å²) in [6.07, 6.45) is 2.18. The van der Waals surface area contributed by atoms with Crippen molar-refractivity contribution in [1.82, 2.24) is 5.32 Å². The van der Waals surface area contributed by atoms with Crippen LogP contribution in [-0.4, -0.2) is 11.1 Å². The van der Waals surface area contributed by atoms with Gasteiger partial charge in [0.15, 0.2) is 0 Å². The Bertz CT molecular complexity index is 564. The monoisotopic (exact) mass is 411 g/mol. The van der Waals surface area contributed by atoms with Gasteiger partial charge >= 0.3 is 0 Å². The van der Waals surface area contributed by atoms with Gasteiger partial charge in [0, 0.05) is 12.6 Å². The first-order valence-electron chi connectivity index (χ1n) is 7.00. The first kappa shape index (κ1) is 16.5. The standard InChI is InChI=1S/C17H19Br2NO/c1-12(7-8-13-5-3-2-4-6-13)20-11-14-9-15(18)17(21)16(19)10-14/h2-6,9-10,12,20-21H,7-8,11H2,1H3. The van der Waals surface area contributed by atoms with E-state index in [-0.39, 0.29) is 5.75 Å².